The maximum absolute atomic E-state index is 9.13. The summed E-state index contributed by atoms with van der Waals surface area (Å²) in [5, 5.41) is 21.1. The lowest BCUT2D eigenvalue weighted by atomic mass is 10.1. The van der Waals surface area contributed by atoms with Crippen LogP contribution in [0.25, 0.3) is 0 Å². The minimum atomic E-state index is -0.0665. The summed E-state index contributed by atoms with van der Waals surface area (Å²) in [7, 11) is 1.88. The van der Waals surface area contributed by atoms with E-state index in [-0.39, 0.29) is 11.5 Å². The van der Waals surface area contributed by atoms with Gasteiger partial charge in [-0.1, -0.05) is 40.2 Å². The van der Waals surface area contributed by atoms with Crippen molar-refractivity contribution in [3.63, 3.8) is 0 Å². The van der Waals surface area contributed by atoms with Gasteiger partial charge >= 0.3 is 0 Å². The minimum Gasteiger partial charge on any atom is -0.504 e. The molecule has 100 valence electrons. The minimum absolute atomic E-state index is 0.0522. The van der Waals surface area contributed by atoms with E-state index in [2.05, 4.69) is 19.2 Å². The molecule has 0 atom stereocenters. The largest absolute Gasteiger partial charge is 0.504 e. The molecule has 0 aliphatic carbocycles. The second kappa shape index (κ2) is 12.8. The standard InChI is InChI=1S/C9H13NO2.C3H8.C2H6/c1-10-5-4-7-2-3-8(11)9(12)6-7;1-3-2;1-2/h2-3,6,10-12H,4-5H2,1H3;3H2,1-2H3;1-2H3. The summed E-state index contributed by atoms with van der Waals surface area (Å²) in [4.78, 5) is 0. The number of rotatable bonds is 3. The number of likely N-dealkylation sites (N-methyl/N-ethyl adjacent to an activating group) is 1. The highest BCUT2D eigenvalue weighted by molar-refractivity contribution is 5.40. The molecule has 3 heteroatoms. The van der Waals surface area contributed by atoms with Gasteiger partial charge in [-0.3, -0.25) is 0 Å². The fraction of sp³-hybridized carbons (Fsp3) is 0.571. The molecule has 0 aromatic heterocycles. The average Bonchev–Trinajstić information content (AvgIpc) is 2.34. The fourth-order valence-electron chi connectivity index (χ4n) is 0.994. The molecule has 0 radical (unpaired) electrons. The number of benzene rings is 1. The number of aromatic hydroxyl groups is 2. The van der Waals surface area contributed by atoms with Gasteiger partial charge in [-0.2, -0.15) is 0 Å². The highest BCUT2D eigenvalue weighted by Gasteiger charge is 1.99. The Bertz CT molecular complexity index is 275. The SMILES string of the molecule is CC.CCC.CNCCc1ccc(O)c(O)c1. The predicted octanol–water partition coefficient (Wildman–Crippen LogP) is 3.30. The van der Waals surface area contributed by atoms with Crippen molar-refractivity contribution in [2.45, 2.75) is 40.5 Å². The van der Waals surface area contributed by atoms with E-state index in [1.807, 2.05) is 20.9 Å². The van der Waals surface area contributed by atoms with Gasteiger partial charge in [-0.25, -0.2) is 0 Å². The molecular formula is C14H27NO2. The van der Waals surface area contributed by atoms with E-state index in [4.69, 9.17) is 10.2 Å². The van der Waals surface area contributed by atoms with Gasteiger partial charge in [0, 0.05) is 0 Å². The topological polar surface area (TPSA) is 52.5 Å². The molecule has 1 rings (SSSR count). The van der Waals surface area contributed by atoms with Crippen LogP contribution in [0.2, 0.25) is 0 Å². The molecule has 0 amide bonds. The summed E-state index contributed by atoms with van der Waals surface area (Å²) in [6.45, 7) is 9.12. The zero-order valence-electron chi connectivity index (χ0n) is 11.7. The third-order valence-electron chi connectivity index (χ3n) is 1.70. The third-order valence-corrected chi connectivity index (χ3v) is 1.70. The zero-order chi connectivity index (χ0) is 13.7. The highest BCUT2D eigenvalue weighted by atomic mass is 16.3. The van der Waals surface area contributed by atoms with Gasteiger partial charge in [0.2, 0.25) is 0 Å². The molecule has 3 N–H and O–H groups in total. The molecule has 0 unspecified atom stereocenters. The number of hydrogen-bond acceptors (Lipinski definition) is 3. The van der Waals surface area contributed by atoms with Gasteiger partial charge in [0.25, 0.3) is 0 Å². The first-order valence-corrected chi connectivity index (χ1v) is 6.31. The summed E-state index contributed by atoms with van der Waals surface area (Å²) in [5.41, 5.74) is 1.01. The zero-order valence-corrected chi connectivity index (χ0v) is 11.7. The van der Waals surface area contributed by atoms with Crippen LogP contribution in [-0.2, 0) is 6.42 Å². The van der Waals surface area contributed by atoms with Gasteiger partial charge in [0.05, 0.1) is 0 Å². The number of hydrogen-bond donors (Lipinski definition) is 3. The molecule has 0 saturated heterocycles. The monoisotopic (exact) mass is 241 g/mol. The lowest BCUT2D eigenvalue weighted by molar-refractivity contribution is 0.403. The molecule has 0 saturated carbocycles. The van der Waals surface area contributed by atoms with Gasteiger partial charge in [0.1, 0.15) is 0 Å². The van der Waals surface area contributed by atoms with E-state index in [0.29, 0.717) is 0 Å². The van der Waals surface area contributed by atoms with Gasteiger partial charge in [-0.05, 0) is 37.7 Å². The van der Waals surface area contributed by atoms with Crippen molar-refractivity contribution >= 4 is 0 Å². The summed E-state index contributed by atoms with van der Waals surface area (Å²) in [6, 6.07) is 4.87. The average molecular weight is 241 g/mol. The second-order valence-corrected chi connectivity index (χ2v) is 3.38. The van der Waals surface area contributed by atoms with E-state index >= 15 is 0 Å². The molecule has 0 heterocycles. The van der Waals surface area contributed by atoms with Crippen molar-refractivity contribution in [2.24, 2.45) is 0 Å². The van der Waals surface area contributed by atoms with E-state index in [1.165, 1.54) is 12.5 Å². The Morgan fingerprint density at radius 1 is 1.06 bits per heavy atom. The van der Waals surface area contributed by atoms with Gasteiger partial charge in [0.15, 0.2) is 11.5 Å². The molecule has 0 fully saturated rings. The normalized spacial score (nSPS) is 8.53. The van der Waals surface area contributed by atoms with E-state index in [0.717, 1.165) is 18.5 Å². The first-order chi connectivity index (χ1) is 8.15. The van der Waals surface area contributed by atoms with E-state index < -0.39 is 0 Å². The van der Waals surface area contributed by atoms with E-state index in [1.54, 1.807) is 12.1 Å². The summed E-state index contributed by atoms with van der Waals surface area (Å²) in [6.07, 6.45) is 2.10. The quantitative estimate of drug-likeness (QED) is 0.712. The third kappa shape index (κ3) is 9.69. The summed E-state index contributed by atoms with van der Waals surface area (Å²) in [5.74, 6) is -0.119. The molecule has 0 aliphatic heterocycles. The lowest BCUT2D eigenvalue weighted by Gasteiger charge is -2.02. The smallest absolute Gasteiger partial charge is 0.157 e. The molecule has 17 heavy (non-hydrogen) atoms. The van der Waals surface area contributed by atoms with Crippen LogP contribution in [0.4, 0.5) is 0 Å². The van der Waals surface area contributed by atoms with Crippen LogP contribution in [0.1, 0.15) is 39.7 Å². The van der Waals surface area contributed by atoms with Gasteiger partial charge < -0.3 is 15.5 Å². The van der Waals surface area contributed by atoms with Crippen LogP contribution in [0.15, 0.2) is 18.2 Å². The molecule has 0 bridgehead atoms. The molecule has 0 spiro atoms. The molecule has 0 aliphatic rings. The fourth-order valence-corrected chi connectivity index (χ4v) is 0.994. The van der Waals surface area contributed by atoms with Crippen molar-refractivity contribution in [3.05, 3.63) is 23.8 Å². The molecule has 3 nitrogen and oxygen atoms in total. The van der Waals surface area contributed by atoms with E-state index in [9.17, 15) is 0 Å². The summed E-state index contributed by atoms with van der Waals surface area (Å²) < 4.78 is 0. The first-order valence-electron chi connectivity index (χ1n) is 6.31. The van der Waals surface area contributed by atoms with Crippen molar-refractivity contribution in [1.29, 1.82) is 0 Å². The van der Waals surface area contributed by atoms with Crippen LogP contribution in [0, 0.1) is 0 Å². The first kappa shape index (κ1) is 18.2. The Balaban J connectivity index is 0. The van der Waals surface area contributed by atoms with Crippen LogP contribution >= 0.6 is 0 Å². The van der Waals surface area contributed by atoms with Crippen molar-refractivity contribution in [1.82, 2.24) is 5.32 Å². The molecule has 1 aromatic rings. The number of phenolic OH excluding ortho intramolecular Hbond substituents is 2. The summed E-state index contributed by atoms with van der Waals surface area (Å²) >= 11 is 0. The van der Waals surface area contributed by atoms with Crippen LogP contribution in [0.5, 0.6) is 11.5 Å². The predicted molar refractivity (Wildman–Crippen MR) is 74.7 cm³/mol. The van der Waals surface area contributed by atoms with Crippen molar-refractivity contribution in [3.8, 4) is 11.5 Å². The van der Waals surface area contributed by atoms with Gasteiger partial charge in [-0.15, -0.1) is 0 Å². The Labute approximate surface area is 106 Å². The Hall–Kier alpha value is -1.22. The number of phenols is 2. The molecular weight excluding hydrogens is 214 g/mol. The number of nitrogens with one attached hydrogen (secondary N) is 1. The maximum atomic E-state index is 9.13. The van der Waals surface area contributed by atoms with Crippen LogP contribution in [0.3, 0.4) is 0 Å². The van der Waals surface area contributed by atoms with Crippen molar-refractivity contribution in [2.75, 3.05) is 13.6 Å². The maximum Gasteiger partial charge on any atom is 0.157 e. The highest BCUT2D eigenvalue weighted by Crippen LogP contribution is 2.24. The Morgan fingerprint density at radius 3 is 2.00 bits per heavy atom. The van der Waals surface area contributed by atoms with Crippen molar-refractivity contribution < 1.29 is 10.2 Å². The Kier molecular flexibility index (Phi) is 13.7. The molecule has 1 aromatic carbocycles. The Morgan fingerprint density at radius 2 is 1.59 bits per heavy atom. The van der Waals surface area contributed by atoms with Crippen LogP contribution in [-0.4, -0.2) is 23.8 Å². The van der Waals surface area contributed by atoms with Crippen LogP contribution < -0.4 is 5.32 Å². The second-order valence-electron chi connectivity index (χ2n) is 3.38. The lowest BCUT2D eigenvalue weighted by Crippen LogP contribution is -2.09.